The van der Waals surface area contributed by atoms with Crippen molar-refractivity contribution in [1.29, 1.82) is 0 Å². The van der Waals surface area contributed by atoms with Crippen molar-refractivity contribution in [2.45, 2.75) is 24.8 Å². The van der Waals surface area contributed by atoms with Crippen molar-refractivity contribution in [1.82, 2.24) is 19.1 Å². The molecule has 57 heavy (non-hydrogen) atoms. The average Bonchev–Trinajstić information content (AvgIpc) is 3.89. The molecular formula is C52H39N5. The summed E-state index contributed by atoms with van der Waals surface area (Å²) >= 11 is 0. The molecule has 4 heterocycles. The summed E-state index contributed by atoms with van der Waals surface area (Å²) in [4.78, 5) is 9.45. The van der Waals surface area contributed by atoms with E-state index in [9.17, 15) is 0 Å². The number of aromatic nitrogens is 4. The van der Waals surface area contributed by atoms with Gasteiger partial charge < -0.3 is 14.9 Å². The fourth-order valence-corrected chi connectivity index (χ4v) is 9.68. The van der Waals surface area contributed by atoms with Gasteiger partial charge >= 0.3 is 0 Å². The van der Waals surface area contributed by atoms with Gasteiger partial charge in [-0.3, -0.25) is 9.97 Å². The summed E-state index contributed by atoms with van der Waals surface area (Å²) in [6.45, 7) is 2.02. The fourth-order valence-electron chi connectivity index (χ4n) is 9.68. The lowest BCUT2D eigenvalue weighted by molar-refractivity contribution is 0.649. The van der Waals surface area contributed by atoms with Gasteiger partial charge in [0.25, 0.3) is 0 Å². The van der Waals surface area contributed by atoms with Gasteiger partial charge in [-0.25, -0.2) is 0 Å². The summed E-state index contributed by atoms with van der Waals surface area (Å²) in [7, 11) is 0. The van der Waals surface area contributed by atoms with Gasteiger partial charge in [-0.1, -0.05) is 109 Å². The monoisotopic (exact) mass is 733 g/mol. The molecule has 0 bridgehead atoms. The summed E-state index contributed by atoms with van der Waals surface area (Å²) in [5.74, 6) is 0. The van der Waals surface area contributed by atoms with Gasteiger partial charge in [-0.15, -0.1) is 0 Å². The molecule has 0 amide bonds. The summed E-state index contributed by atoms with van der Waals surface area (Å²) in [6, 6.07) is 48.3. The van der Waals surface area contributed by atoms with Gasteiger partial charge in [-0.05, 0) is 107 Å². The molecule has 2 N–H and O–H groups in total. The molecule has 2 atom stereocenters. The fraction of sp³-hybridized carbons (Fsp3) is 0.0769. The zero-order valence-electron chi connectivity index (χ0n) is 31.5. The van der Waals surface area contributed by atoms with E-state index in [1.807, 2.05) is 49.8 Å². The lowest BCUT2D eigenvalue weighted by Gasteiger charge is -2.32. The molecule has 0 saturated heterocycles. The Hall–Kier alpha value is -7.24. The van der Waals surface area contributed by atoms with E-state index in [1.165, 1.54) is 60.4 Å². The number of allylic oxidation sites excluding steroid dienone is 8. The molecule has 0 aliphatic heterocycles. The second-order valence-electron chi connectivity index (χ2n) is 15.1. The van der Waals surface area contributed by atoms with Crippen LogP contribution in [0.1, 0.15) is 41.8 Å². The van der Waals surface area contributed by atoms with Crippen molar-refractivity contribution in [2.24, 2.45) is 5.73 Å². The number of nitrogens with two attached hydrogens (primary N) is 1. The SMILES string of the molecule is C/C=C\C=C(/N)C1(c2ccccn2)c2ccccc2-c2cc3c(cc21)c1ccccc1n3[C@H]1C=CC(c2ccc(-n3c4ccccc4c4ccncc43)cc2)=CC1. The number of pyridine rings is 2. The Bertz CT molecular complexity index is 3120. The van der Waals surface area contributed by atoms with E-state index >= 15 is 0 Å². The number of rotatable bonds is 6. The number of benzene rings is 5. The summed E-state index contributed by atoms with van der Waals surface area (Å²) in [5, 5.41) is 4.90. The lowest BCUT2D eigenvalue weighted by Crippen LogP contribution is -2.34. The van der Waals surface area contributed by atoms with Crippen LogP contribution >= 0.6 is 0 Å². The molecule has 0 fully saturated rings. The Labute approximate surface area is 331 Å². The zero-order chi connectivity index (χ0) is 38.1. The molecule has 9 aromatic rings. The third-order valence-corrected chi connectivity index (χ3v) is 12.2. The number of hydrogen-bond donors (Lipinski definition) is 1. The van der Waals surface area contributed by atoms with Crippen LogP contribution in [-0.4, -0.2) is 19.1 Å². The maximum absolute atomic E-state index is 7.22. The van der Waals surface area contributed by atoms with Gasteiger partial charge in [0.1, 0.15) is 5.41 Å². The first-order valence-electron chi connectivity index (χ1n) is 19.7. The van der Waals surface area contributed by atoms with E-state index in [0.717, 1.165) is 40.1 Å². The Morgan fingerprint density at radius 3 is 2.25 bits per heavy atom. The Morgan fingerprint density at radius 2 is 1.46 bits per heavy atom. The molecule has 0 saturated carbocycles. The van der Waals surface area contributed by atoms with E-state index in [1.54, 1.807) is 0 Å². The first-order valence-corrected chi connectivity index (χ1v) is 19.7. The third kappa shape index (κ3) is 4.82. The second kappa shape index (κ2) is 12.9. The van der Waals surface area contributed by atoms with Gasteiger partial charge in [0.2, 0.25) is 0 Å². The predicted molar refractivity (Wildman–Crippen MR) is 235 cm³/mol. The minimum atomic E-state index is -0.736. The largest absolute Gasteiger partial charge is 0.401 e. The standard InChI is InChI=1S/C52H39N5/c1-2-3-18-50(53)52(51-19-10-11-29-55-51)44-15-7-4-12-38(44)42-32-48-43(31-45(42)52)40-14-6-9-17-47(40)56(48)36-24-20-34(21-25-36)35-22-26-37(27-23-35)57-46-16-8-5-13-39(46)41-28-30-54-33-49(41)57/h2-24,26-33,36H,25,53H2,1H3/b3-2-,50-18-/t36-,52?/m0/s1. The number of nitrogens with zero attached hydrogens (tertiary/aromatic N) is 4. The van der Waals surface area contributed by atoms with Gasteiger partial charge in [-0.2, -0.15) is 0 Å². The minimum absolute atomic E-state index is 0.149. The van der Waals surface area contributed by atoms with Crippen molar-refractivity contribution in [3.8, 4) is 16.8 Å². The van der Waals surface area contributed by atoms with Crippen LogP contribution in [0.2, 0.25) is 0 Å². The van der Waals surface area contributed by atoms with Crippen molar-refractivity contribution in [2.75, 3.05) is 0 Å². The maximum Gasteiger partial charge on any atom is 0.103 e. The summed E-state index contributed by atoms with van der Waals surface area (Å²) in [5.41, 5.74) is 21.2. The van der Waals surface area contributed by atoms with Crippen LogP contribution in [0.4, 0.5) is 0 Å². The molecule has 1 unspecified atom stereocenters. The van der Waals surface area contributed by atoms with E-state index in [-0.39, 0.29) is 6.04 Å². The van der Waals surface area contributed by atoms with Crippen molar-refractivity contribution >= 4 is 49.2 Å². The topological polar surface area (TPSA) is 61.7 Å². The van der Waals surface area contributed by atoms with Crippen LogP contribution in [0.15, 0.2) is 194 Å². The van der Waals surface area contributed by atoms with Crippen LogP contribution in [-0.2, 0) is 5.41 Å². The molecular weight excluding hydrogens is 695 g/mol. The van der Waals surface area contributed by atoms with Crippen LogP contribution in [0.3, 0.4) is 0 Å². The predicted octanol–water partition coefficient (Wildman–Crippen LogP) is 12.0. The first-order chi connectivity index (χ1) is 28.2. The van der Waals surface area contributed by atoms with Gasteiger partial charge in [0, 0.05) is 50.8 Å². The summed E-state index contributed by atoms with van der Waals surface area (Å²) in [6.07, 6.45) is 19.8. The summed E-state index contributed by atoms with van der Waals surface area (Å²) < 4.78 is 4.85. The van der Waals surface area contributed by atoms with Crippen LogP contribution < -0.4 is 5.73 Å². The van der Waals surface area contributed by atoms with Crippen molar-refractivity contribution in [3.63, 3.8) is 0 Å². The molecule has 0 spiro atoms. The highest BCUT2D eigenvalue weighted by atomic mass is 15.0. The molecule has 11 rings (SSSR count). The number of para-hydroxylation sites is 2. The first kappa shape index (κ1) is 33.1. The van der Waals surface area contributed by atoms with Crippen LogP contribution in [0, 0.1) is 0 Å². The quantitative estimate of drug-likeness (QED) is 0.173. The lowest BCUT2D eigenvalue weighted by atomic mass is 9.72. The minimum Gasteiger partial charge on any atom is -0.401 e. The van der Waals surface area contributed by atoms with Gasteiger partial charge in [0.05, 0.1) is 34.5 Å². The van der Waals surface area contributed by atoms with Crippen LogP contribution in [0.5, 0.6) is 0 Å². The molecule has 4 aromatic heterocycles. The molecule has 272 valence electrons. The Morgan fingerprint density at radius 1 is 0.702 bits per heavy atom. The molecule has 5 aromatic carbocycles. The van der Waals surface area contributed by atoms with Crippen LogP contribution in [0.25, 0.3) is 66.0 Å². The molecule has 5 nitrogen and oxygen atoms in total. The molecule has 2 aliphatic carbocycles. The molecule has 2 aliphatic rings. The van der Waals surface area contributed by atoms with E-state index in [2.05, 4.69) is 160 Å². The Balaban J connectivity index is 1.01. The molecule has 0 radical (unpaired) electrons. The number of fused-ring (bicyclic) bond motifs is 9. The molecule has 5 heteroatoms. The van der Waals surface area contributed by atoms with E-state index in [4.69, 9.17) is 10.7 Å². The van der Waals surface area contributed by atoms with E-state index in [0.29, 0.717) is 0 Å². The van der Waals surface area contributed by atoms with Crippen molar-refractivity contribution < 1.29 is 0 Å². The average molecular weight is 734 g/mol. The van der Waals surface area contributed by atoms with E-state index < -0.39 is 5.41 Å². The normalized spacial score (nSPS) is 17.9. The Kier molecular flexibility index (Phi) is 7.51. The second-order valence-corrected chi connectivity index (χ2v) is 15.1. The van der Waals surface area contributed by atoms with Gasteiger partial charge in [0.15, 0.2) is 0 Å². The zero-order valence-corrected chi connectivity index (χ0v) is 31.5. The highest BCUT2D eigenvalue weighted by molar-refractivity contribution is 6.11. The smallest absolute Gasteiger partial charge is 0.103 e. The highest BCUT2D eigenvalue weighted by Gasteiger charge is 2.48. The third-order valence-electron chi connectivity index (χ3n) is 12.2. The van der Waals surface area contributed by atoms with Crippen molar-refractivity contribution in [3.05, 3.63) is 217 Å². The highest BCUT2D eigenvalue weighted by Crippen LogP contribution is 2.56. The maximum atomic E-state index is 7.22. The number of hydrogen-bond acceptors (Lipinski definition) is 3.